The monoisotopic (exact) mass is 445 g/mol. The number of aliphatic carboxylic acids is 2. The molecule has 31 heavy (non-hydrogen) atoms. The van der Waals surface area contributed by atoms with E-state index in [1.165, 1.54) is 38.3 Å². The number of nitrogens with two attached hydrogens (primary N) is 1. The number of carboxylic acids is 2. The highest BCUT2D eigenvalue weighted by atomic mass is 19.1. The van der Waals surface area contributed by atoms with Crippen molar-refractivity contribution in [2.45, 2.75) is 72.3 Å². The Labute approximate surface area is 186 Å². The van der Waals surface area contributed by atoms with Crippen LogP contribution >= 0.6 is 0 Å². The number of benzene rings is 1. The average Bonchev–Trinajstić information content (AvgIpc) is 2.74. The normalized spacial score (nSPS) is 11.7. The fraction of sp³-hybridized carbons (Fsp3) is 0.565. The molecule has 1 aromatic rings. The van der Waals surface area contributed by atoms with Gasteiger partial charge in [0.25, 0.3) is 5.60 Å². The molecule has 0 radical (unpaired) electrons. The van der Waals surface area contributed by atoms with E-state index >= 15 is 0 Å². The molecule has 0 saturated heterocycles. The summed E-state index contributed by atoms with van der Waals surface area (Å²) in [6.45, 7) is 14.2. The van der Waals surface area contributed by atoms with E-state index in [0.29, 0.717) is 11.3 Å². The molecule has 1 aromatic carbocycles. The Kier molecular flexibility index (Phi) is 20.9. The number of anilines is 1. The highest BCUT2D eigenvalue weighted by Crippen LogP contribution is 2.22. The first-order chi connectivity index (χ1) is 14.6. The van der Waals surface area contributed by atoms with Gasteiger partial charge in [-0.3, -0.25) is 0 Å². The first-order valence-corrected chi connectivity index (χ1v) is 10.3. The fourth-order valence-corrected chi connectivity index (χ4v) is 2.17. The molecule has 8 heteroatoms. The number of alkyl halides is 1. The summed E-state index contributed by atoms with van der Waals surface area (Å²) in [6, 6.07) is 6.12. The summed E-state index contributed by atoms with van der Waals surface area (Å²) in [4.78, 5) is 23.2. The van der Waals surface area contributed by atoms with Gasteiger partial charge in [-0.1, -0.05) is 45.9 Å². The van der Waals surface area contributed by atoms with Gasteiger partial charge < -0.3 is 25.4 Å². The maximum absolute atomic E-state index is 13.1. The molecular formula is C23H40FNO6. The molecule has 0 saturated carbocycles. The maximum atomic E-state index is 13.1. The number of methoxy groups -OCH3 is 1. The van der Waals surface area contributed by atoms with Crippen LogP contribution in [0.2, 0.25) is 0 Å². The predicted molar refractivity (Wildman–Crippen MR) is 123 cm³/mol. The minimum absolute atomic E-state index is 0.0340. The van der Waals surface area contributed by atoms with Crippen molar-refractivity contribution >= 4 is 17.6 Å². The molecule has 2 unspecified atom stereocenters. The number of hydrogen-bond acceptors (Lipinski definition) is 5. The third kappa shape index (κ3) is 13.5. The number of allylic oxidation sites excluding steroid dienone is 1. The largest absolute Gasteiger partial charge is 0.479 e. The zero-order valence-electron chi connectivity index (χ0n) is 19.9. The van der Waals surface area contributed by atoms with Crippen LogP contribution in [0.25, 0.3) is 0 Å². The molecule has 0 heterocycles. The number of halogens is 1. The molecule has 4 N–H and O–H groups in total. The molecule has 0 amide bonds. The second-order valence-electron chi connectivity index (χ2n) is 5.95. The highest BCUT2D eigenvalue weighted by molar-refractivity contribution is 6.02. The van der Waals surface area contributed by atoms with E-state index in [-0.39, 0.29) is 13.0 Å². The molecular weight excluding hydrogens is 405 g/mol. The zero-order chi connectivity index (χ0) is 25.0. The van der Waals surface area contributed by atoms with E-state index in [2.05, 4.69) is 6.58 Å². The van der Waals surface area contributed by atoms with Crippen molar-refractivity contribution < 1.29 is 33.7 Å². The predicted octanol–water partition coefficient (Wildman–Crippen LogP) is 4.74. The van der Waals surface area contributed by atoms with Crippen LogP contribution in [-0.2, 0) is 25.5 Å². The Morgan fingerprint density at radius 3 is 1.90 bits per heavy atom. The van der Waals surface area contributed by atoms with E-state index in [9.17, 15) is 24.2 Å². The van der Waals surface area contributed by atoms with Crippen molar-refractivity contribution in [3.8, 4) is 0 Å². The number of ether oxygens (including phenoxy) is 2. The number of carbonyl (C=O) groups is 2. The Bertz CT molecular complexity index is 591. The summed E-state index contributed by atoms with van der Waals surface area (Å²) in [5, 5.41) is 18.9. The van der Waals surface area contributed by atoms with Gasteiger partial charge in [-0.2, -0.15) is 0 Å². The molecule has 180 valence electrons. The second kappa shape index (κ2) is 19.5. The lowest BCUT2D eigenvalue weighted by Gasteiger charge is -2.27. The van der Waals surface area contributed by atoms with Gasteiger partial charge in [0.2, 0.25) is 0 Å². The number of hydrogen-bond donors (Lipinski definition) is 3. The van der Waals surface area contributed by atoms with Gasteiger partial charge in [-0.15, -0.1) is 6.58 Å². The van der Waals surface area contributed by atoms with Crippen LogP contribution in [-0.4, -0.2) is 53.7 Å². The Balaban J connectivity index is -0.000000999. The molecule has 1 rings (SSSR count). The van der Waals surface area contributed by atoms with Gasteiger partial charge in [-0.25, -0.2) is 14.0 Å². The lowest BCUT2D eigenvalue weighted by atomic mass is 9.94. The summed E-state index contributed by atoms with van der Waals surface area (Å²) in [7, 11) is 1.32. The quantitative estimate of drug-likeness (QED) is 0.270. The van der Waals surface area contributed by atoms with Gasteiger partial charge in [0.15, 0.2) is 0 Å². The number of nitrogen functional groups attached to an aromatic ring is 1. The number of carboxylic acid groups (broad SMARTS) is 2. The maximum Gasteiger partial charge on any atom is 0.348 e. The van der Waals surface area contributed by atoms with Crippen LogP contribution in [0.3, 0.4) is 0 Å². The molecule has 0 aliphatic heterocycles. The Hall–Kier alpha value is -2.45. The molecule has 0 aliphatic rings. The van der Waals surface area contributed by atoms with Gasteiger partial charge in [0.05, 0.1) is 18.9 Å². The van der Waals surface area contributed by atoms with Crippen molar-refractivity contribution in [2.75, 3.05) is 19.5 Å². The van der Waals surface area contributed by atoms with Crippen LogP contribution in [0.1, 0.15) is 53.5 Å². The lowest BCUT2D eigenvalue weighted by Crippen LogP contribution is -2.52. The van der Waals surface area contributed by atoms with Crippen molar-refractivity contribution in [1.82, 2.24) is 0 Å². The summed E-state index contributed by atoms with van der Waals surface area (Å²) in [5.74, 6) is -3.29. The van der Waals surface area contributed by atoms with Crippen LogP contribution in [0.15, 0.2) is 36.9 Å². The molecule has 0 spiro atoms. The van der Waals surface area contributed by atoms with Crippen molar-refractivity contribution in [3.05, 3.63) is 42.5 Å². The molecule has 7 nitrogen and oxygen atoms in total. The van der Waals surface area contributed by atoms with E-state index in [1.54, 1.807) is 6.08 Å². The van der Waals surface area contributed by atoms with E-state index < -0.39 is 36.2 Å². The summed E-state index contributed by atoms with van der Waals surface area (Å²) < 4.78 is 23.3. The van der Waals surface area contributed by atoms with Gasteiger partial charge in [0, 0.05) is 25.6 Å². The smallest absolute Gasteiger partial charge is 0.348 e. The summed E-state index contributed by atoms with van der Waals surface area (Å²) in [6.07, 6.45) is -0.637. The van der Waals surface area contributed by atoms with Crippen molar-refractivity contribution in [3.63, 3.8) is 0 Å². The second-order valence-corrected chi connectivity index (χ2v) is 5.95. The van der Waals surface area contributed by atoms with E-state index in [1.807, 2.05) is 34.6 Å². The summed E-state index contributed by atoms with van der Waals surface area (Å²) in [5.41, 5.74) is 3.96. The first kappa shape index (κ1) is 33.2. The fourth-order valence-electron chi connectivity index (χ4n) is 2.17. The minimum atomic E-state index is -2.49. The van der Waals surface area contributed by atoms with Crippen LogP contribution in [0, 0.1) is 0 Å². The zero-order valence-corrected chi connectivity index (χ0v) is 19.9. The van der Waals surface area contributed by atoms with Gasteiger partial charge in [0.1, 0.15) is 0 Å². The van der Waals surface area contributed by atoms with Crippen molar-refractivity contribution in [1.29, 1.82) is 0 Å². The molecule has 0 fully saturated rings. The molecule has 0 aliphatic carbocycles. The lowest BCUT2D eigenvalue weighted by molar-refractivity contribution is -0.187. The topological polar surface area (TPSA) is 119 Å². The minimum Gasteiger partial charge on any atom is -0.479 e. The SMILES string of the molecule is C=CC.CC.CC.COC(COC(Cc1ccc(N)cc1)(C(=O)O)C(=O)O)CC(C)F. The summed E-state index contributed by atoms with van der Waals surface area (Å²) >= 11 is 0. The Morgan fingerprint density at radius 1 is 1.16 bits per heavy atom. The Morgan fingerprint density at radius 2 is 1.58 bits per heavy atom. The van der Waals surface area contributed by atoms with E-state index in [4.69, 9.17) is 15.2 Å². The van der Waals surface area contributed by atoms with Gasteiger partial charge >= 0.3 is 11.9 Å². The molecule has 0 aromatic heterocycles. The van der Waals surface area contributed by atoms with E-state index in [0.717, 1.165) is 0 Å². The average molecular weight is 446 g/mol. The van der Waals surface area contributed by atoms with Crippen molar-refractivity contribution in [2.24, 2.45) is 0 Å². The van der Waals surface area contributed by atoms with Crippen LogP contribution < -0.4 is 5.73 Å². The first-order valence-electron chi connectivity index (χ1n) is 10.3. The third-order valence-corrected chi connectivity index (χ3v) is 3.56. The number of rotatable bonds is 10. The van der Waals surface area contributed by atoms with Crippen LogP contribution in [0.5, 0.6) is 0 Å². The highest BCUT2D eigenvalue weighted by Gasteiger charge is 2.48. The van der Waals surface area contributed by atoms with Crippen LogP contribution in [0.4, 0.5) is 10.1 Å². The standard InChI is InChI=1S/C16H22FNO6.C3H6.2C2H6/c1-10(17)7-13(23-2)9-24-16(14(19)20,15(21)22)8-11-3-5-12(18)6-4-11;1-3-2;2*1-2/h3-6,10,13H,7-9,18H2,1-2H3,(H,19,20)(H,21,22);3H,1H2,2H3;2*1-2H3. The third-order valence-electron chi connectivity index (χ3n) is 3.56. The van der Waals surface area contributed by atoms with Gasteiger partial charge in [-0.05, 0) is 31.5 Å². The molecule has 0 bridgehead atoms. The molecule has 2 atom stereocenters.